The summed E-state index contributed by atoms with van der Waals surface area (Å²) in [4.78, 5) is 0. The maximum Gasteiger partial charge on any atom is 0.0188 e. The fourth-order valence-corrected chi connectivity index (χ4v) is 3.86. The molecule has 0 aliphatic heterocycles. The van der Waals surface area contributed by atoms with Gasteiger partial charge < -0.3 is 5.73 Å². The Morgan fingerprint density at radius 3 is 2.00 bits per heavy atom. The molecule has 4 bridgehead atoms. The van der Waals surface area contributed by atoms with Crippen LogP contribution in [0.1, 0.15) is 32.1 Å². The van der Waals surface area contributed by atoms with E-state index < -0.39 is 0 Å². The van der Waals surface area contributed by atoms with Crippen LogP contribution in [-0.4, -0.2) is 5.54 Å². The van der Waals surface area contributed by atoms with Crippen molar-refractivity contribution in [3.8, 4) is 0 Å². The van der Waals surface area contributed by atoms with E-state index in [9.17, 15) is 0 Å². The van der Waals surface area contributed by atoms with Crippen LogP contribution in [0.5, 0.6) is 0 Å². The van der Waals surface area contributed by atoms with E-state index in [1.165, 1.54) is 32.1 Å². The standard InChI is InChI=1S/C9H15N/c10-9-4-6-1-7(5-9)3-8(9)2-6/h6-8H,1-5,10H2/t6-,7+,8-,9-. The monoisotopic (exact) mass is 137 g/mol. The molecule has 0 amide bonds. The molecule has 4 saturated carbocycles. The summed E-state index contributed by atoms with van der Waals surface area (Å²) in [7, 11) is 0. The van der Waals surface area contributed by atoms with Crippen LogP contribution in [0.3, 0.4) is 0 Å². The molecule has 4 fully saturated rings. The second-order valence-corrected chi connectivity index (χ2v) is 4.78. The van der Waals surface area contributed by atoms with Gasteiger partial charge in [-0.2, -0.15) is 0 Å². The fraction of sp³-hybridized carbons (Fsp3) is 1.00. The zero-order valence-electron chi connectivity index (χ0n) is 6.34. The van der Waals surface area contributed by atoms with E-state index in [0.717, 1.165) is 17.8 Å². The molecule has 0 aromatic rings. The maximum absolute atomic E-state index is 6.29. The molecule has 2 N–H and O–H groups in total. The summed E-state index contributed by atoms with van der Waals surface area (Å²) < 4.78 is 0. The molecule has 0 aromatic carbocycles. The van der Waals surface area contributed by atoms with Crippen molar-refractivity contribution in [3.63, 3.8) is 0 Å². The largest absolute Gasteiger partial charge is 0.325 e. The van der Waals surface area contributed by atoms with Crippen LogP contribution in [0.15, 0.2) is 0 Å². The molecule has 0 unspecified atom stereocenters. The average Bonchev–Trinajstić information content (AvgIpc) is 2.14. The van der Waals surface area contributed by atoms with Crippen LogP contribution in [-0.2, 0) is 0 Å². The number of hydrogen-bond acceptors (Lipinski definition) is 1. The number of nitrogens with two attached hydrogens (primary N) is 1. The molecule has 4 atom stereocenters. The molecule has 56 valence electrons. The van der Waals surface area contributed by atoms with E-state index in [0.29, 0.717) is 5.54 Å². The molecule has 4 aliphatic rings. The first-order valence-electron chi connectivity index (χ1n) is 4.55. The van der Waals surface area contributed by atoms with Gasteiger partial charge >= 0.3 is 0 Å². The zero-order valence-corrected chi connectivity index (χ0v) is 6.34. The third-order valence-corrected chi connectivity index (χ3v) is 4.05. The van der Waals surface area contributed by atoms with Crippen molar-refractivity contribution >= 4 is 0 Å². The van der Waals surface area contributed by atoms with Crippen molar-refractivity contribution in [1.82, 2.24) is 0 Å². The van der Waals surface area contributed by atoms with Gasteiger partial charge in [0.25, 0.3) is 0 Å². The number of rotatable bonds is 0. The smallest absolute Gasteiger partial charge is 0.0188 e. The van der Waals surface area contributed by atoms with Gasteiger partial charge in [0.2, 0.25) is 0 Å². The van der Waals surface area contributed by atoms with Crippen molar-refractivity contribution in [2.75, 3.05) is 0 Å². The Hall–Kier alpha value is -0.0400. The van der Waals surface area contributed by atoms with Crippen LogP contribution in [0.2, 0.25) is 0 Å². The maximum atomic E-state index is 6.29. The van der Waals surface area contributed by atoms with Crippen LogP contribution >= 0.6 is 0 Å². The van der Waals surface area contributed by atoms with Crippen molar-refractivity contribution in [2.45, 2.75) is 37.6 Å². The van der Waals surface area contributed by atoms with Crippen LogP contribution in [0.4, 0.5) is 0 Å². The molecule has 0 heterocycles. The lowest BCUT2D eigenvalue weighted by Crippen LogP contribution is -2.40. The van der Waals surface area contributed by atoms with Gasteiger partial charge in [0, 0.05) is 5.54 Å². The summed E-state index contributed by atoms with van der Waals surface area (Å²) in [6, 6.07) is 0. The lowest BCUT2D eigenvalue weighted by molar-refractivity contribution is 0.268. The average molecular weight is 137 g/mol. The summed E-state index contributed by atoms with van der Waals surface area (Å²) >= 11 is 0. The fourth-order valence-electron chi connectivity index (χ4n) is 3.86. The van der Waals surface area contributed by atoms with Gasteiger partial charge in [-0.05, 0) is 49.9 Å². The highest BCUT2D eigenvalue weighted by atomic mass is 14.8. The van der Waals surface area contributed by atoms with Gasteiger partial charge in [0.05, 0.1) is 0 Å². The Balaban J connectivity index is 2.04. The van der Waals surface area contributed by atoms with E-state index in [1.807, 2.05) is 0 Å². The molecule has 1 nitrogen and oxygen atoms in total. The summed E-state index contributed by atoms with van der Waals surface area (Å²) in [5.74, 6) is 2.99. The lowest BCUT2D eigenvalue weighted by atomic mass is 9.81. The first kappa shape index (κ1) is 5.59. The van der Waals surface area contributed by atoms with E-state index >= 15 is 0 Å². The van der Waals surface area contributed by atoms with Gasteiger partial charge in [-0.3, -0.25) is 0 Å². The minimum atomic E-state index is 0.327. The Morgan fingerprint density at radius 1 is 1.00 bits per heavy atom. The second-order valence-electron chi connectivity index (χ2n) is 4.78. The van der Waals surface area contributed by atoms with Crippen LogP contribution in [0, 0.1) is 17.8 Å². The van der Waals surface area contributed by atoms with Crippen molar-refractivity contribution < 1.29 is 0 Å². The predicted octanol–water partition coefficient (Wildman–Crippen LogP) is 1.52. The lowest BCUT2D eigenvalue weighted by Gasteiger charge is -2.28. The van der Waals surface area contributed by atoms with E-state index in [4.69, 9.17) is 5.73 Å². The molecule has 0 saturated heterocycles. The van der Waals surface area contributed by atoms with Crippen molar-refractivity contribution in [1.29, 1.82) is 0 Å². The van der Waals surface area contributed by atoms with Gasteiger partial charge in [0.1, 0.15) is 0 Å². The molecule has 0 spiro atoms. The van der Waals surface area contributed by atoms with Crippen molar-refractivity contribution in [2.24, 2.45) is 23.5 Å². The minimum Gasteiger partial charge on any atom is -0.325 e. The van der Waals surface area contributed by atoms with E-state index in [2.05, 4.69) is 0 Å². The van der Waals surface area contributed by atoms with Crippen molar-refractivity contribution in [3.05, 3.63) is 0 Å². The topological polar surface area (TPSA) is 26.0 Å². The Kier molecular flexibility index (Phi) is 0.797. The summed E-state index contributed by atoms with van der Waals surface area (Å²) in [6.07, 6.45) is 7.15. The molecule has 10 heavy (non-hydrogen) atoms. The zero-order chi connectivity index (χ0) is 6.77. The first-order valence-corrected chi connectivity index (χ1v) is 4.55. The molecular formula is C9H15N. The molecule has 1 heteroatoms. The third-order valence-electron chi connectivity index (χ3n) is 4.05. The normalized spacial score (nSPS) is 63.9. The molecule has 0 aromatic heterocycles. The molecular weight excluding hydrogens is 122 g/mol. The summed E-state index contributed by atoms with van der Waals surface area (Å²) in [6.45, 7) is 0. The van der Waals surface area contributed by atoms with E-state index in [1.54, 1.807) is 0 Å². The van der Waals surface area contributed by atoms with E-state index in [-0.39, 0.29) is 0 Å². The van der Waals surface area contributed by atoms with Gasteiger partial charge in [-0.1, -0.05) is 0 Å². The SMILES string of the molecule is N[C@@]12C[C@@H]3C[C@@H](C[C@H]1C3)C2. The van der Waals surface area contributed by atoms with Gasteiger partial charge in [-0.25, -0.2) is 0 Å². The van der Waals surface area contributed by atoms with Gasteiger partial charge in [0.15, 0.2) is 0 Å². The highest BCUT2D eigenvalue weighted by Gasteiger charge is 2.55. The number of hydrogen-bond donors (Lipinski definition) is 1. The Morgan fingerprint density at radius 2 is 1.60 bits per heavy atom. The minimum absolute atomic E-state index is 0.327. The first-order chi connectivity index (χ1) is 4.76. The van der Waals surface area contributed by atoms with Gasteiger partial charge in [-0.15, -0.1) is 0 Å². The molecule has 4 aliphatic carbocycles. The second kappa shape index (κ2) is 1.42. The third kappa shape index (κ3) is 0.493. The quantitative estimate of drug-likeness (QED) is 0.538. The summed E-state index contributed by atoms with van der Waals surface area (Å²) in [5, 5.41) is 0. The summed E-state index contributed by atoms with van der Waals surface area (Å²) in [5.41, 5.74) is 6.61. The highest BCUT2D eigenvalue weighted by molar-refractivity contribution is 5.10. The molecule has 0 radical (unpaired) electrons. The molecule has 4 rings (SSSR count). The highest BCUT2D eigenvalue weighted by Crippen LogP contribution is 2.58. The van der Waals surface area contributed by atoms with Crippen LogP contribution in [0.25, 0.3) is 0 Å². The predicted molar refractivity (Wildman–Crippen MR) is 40.5 cm³/mol. The Labute approximate surface area is 62.0 Å². The van der Waals surface area contributed by atoms with Crippen LogP contribution < -0.4 is 5.73 Å². The Bertz CT molecular complexity index is 162.